The first-order chi connectivity index (χ1) is 5.92. The number of aliphatic carboxylic acids is 1. The smallest absolute Gasteiger partial charge is 0.549 e. The number of carboxylic acids is 1. The van der Waals surface area contributed by atoms with Gasteiger partial charge in [0.2, 0.25) is 5.13 Å². The Balaban J connectivity index is 0.00000169. The number of hydrogen-bond acceptors (Lipinski definition) is 7. The third-order valence-corrected chi connectivity index (χ3v) is 3.24. The second-order valence-corrected chi connectivity index (χ2v) is 5.68. The van der Waals surface area contributed by atoms with Gasteiger partial charge in [0.05, 0.1) is 10.7 Å². The zero-order valence-corrected chi connectivity index (χ0v) is 9.74. The number of rotatable bonds is 3. The number of nitrogens with two attached hydrogens (primary N) is 1. The predicted octanol–water partition coefficient (Wildman–Crippen LogP) is -3.26. The van der Waals surface area contributed by atoms with Crippen LogP contribution in [0, 0.1) is 0 Å². The largest absolute Gasteiger partial charge is 1.00 e. The molecule has 0 saturated carbocycles. The summed E-state index contributed by atoms with van der Waals surface area (Å²) in [6.45, 7) is 3.09. The molecule has 0 saturated heterocycles. The van der Waals surface area contributed by atoms with Crippen molar-refractivity contribution in [3.8, 4) is 0 Å². The van der Waals surface area contributed by atoms with Gasteiger partial charge in [-0.15, -0.1) is 10.2 Å². The van der Waals surface area contributed by atoms with Crippen molar-refractivity contribution in [2.45, 2.75) is 22.9 Å². The average Bonchev–Trinajstić information content (AvgIpc) is 2.34. The van der Waals surface area contributed by atoms with E-state index >= 15 is 0 Å². The predicted molar refractivity (Wildman–Crippen MR) is 49.3 cm³/mol. The fourth-order valence-electron chi connectivity index (χ4n) is 0.522. The minimum atomic E-state index is -1.13. The number of nitrogen functional groups attached to an aromatic ring is 1. The van der Waals surface area contributed by atoms with E-state index in [-0.39, 0.29) is 18.9 Å². The molecule has 0 aliphatic rings. The number of carbonyl (C=O) groups is 1. The van der Waals surface area contributed by atoms with Crippen LogP contribution in [0.25, 0.3) is 0 Å². The Morgan fingerprint density at radius 3 is 2.50 bits per heavy atom. The van der Waals surface area contributed by atoms with Crippen molar-refractivity contribution in [1.82, 2.24) is 10.2 Å². The van der Waals surface area contributed by atoms with Gasteiger partial charge in [0.15, 0.2) is 4.34 Å². The van der Waals surface area contributed by atoms with Crippen LogP contribution < -0.4 is 29.7 Å². The molecule has 0 bridgehead atoms. The van der Waals surface area contributed by atoms with Gasteiger partial charge in [-0.3, -0.25) is 0 Å². The van der Waals surface area contributed by atoms with Crippen molar-refractivity contribution in [2.24, 2.45) is 0 Å². The molecule has 0 unspecified atom stereocenters. The number of anilines is 1. The van der Waals surface area contributed by atoms with Crippen LogP contribution in [0.2, 0.25) is 0 Å². The van der Waals surface area contributed by atoms with Gasteiger partial charge in [-0.2, -0.15) is 0 Å². The number of carbonyl (C=O) groups excluding carboxylic acids is 1. The molecule has 0 radical (unpaired) electrons. The molecule has 0 fully saturated rings. The second kappa shape index (κ2) is 5.03. The first kappa shape index (κ1) is 13.8. The molecule has 72 valence electrons. The van der Waals surface area contributed by atoms with Gasteiger partial charge in [-0.25, -0.2) is 0 Å². The standard InChI is InChI=1S/C6H9N3O2S2.Li/c1-6(2,3(10)11)13-5-9-8-4(7)12-5;/h1-2H3,(H2,7,8)(H,10,11);/q;+1/p-1. The van der Waals surface area contributed by atoms with E-state index < -0.39 is 10.7 Å². The molecule has 2 N–H and O–H groups in total. The number of aromatic nitrogens is 2. The maximum absolute atomic E-state index is 10.6. The quantitative estimate of drug-likeness (QED) is 0.429. The average molecular weight is 225 g/mol. The number of nitrogens with zero attached hydrogens (tertiary/aromatic N) is 2. The Morgan fingerprint density at radius 2 is 2.14 bits per heavy atom. The first-order valence-corrected chi connectivity index (χ1v) is 5.04. The summed E-state index contributed by atoms with van der Waals surface area (Å²) < 4.78 is -0.474. The van der Waals surface area contributed by atoms with Gasteiger partial charge >= 0.3 is 18.9 Å². The maximum Gasteiger partial charge on any atom is 1.00 e. The number of carboxylic acid groups (broad SMARTS) is 1. The molecule has 1 aromatic rings. The van der Waals surface area contributed by atoms with E-state index in [9.17, 15) is 9.90 Å². The van der Waals surface area contributed by atoms with Gasteiger partial charge in [0, 0.05) is 0 Å². The minimum absolute atomic E-state index is 0. The molecule has 1 aromatic heterocycles. The molecule has 0 aliphatic heterocycles. The molecule has 0 amide bonds. The van der Waals surface area contributed by atoms with Crippen LogP contribution in [0.4, 0.5) is 5.13 Å². The molecule has 1 heterocycles. The Kier molecular flexibility index (Phi) is 4.95. The van der Waals surface area contributed by atoms with Crippen molar-refractivity contribution in [2.75, 3.05) is 5.73 Å². The molecule has 0 aromatic carbocycles. The number of thioether (sulfide) groups is 1. The topological polar surface area (TPSA) is 91.9 Å². The third kappa shape index (κ3) is 3.50. The summed E-state index contributed by atoms with van der Waals surface area (Å²) in [7, 11) is 0. The molecule has 1 rings (SSSR count). The van der Waals surface area contributed by atoms with Crippen LogP contribution in [0.5, 0.6) is 0 Å². The van der Waals surface area contributed by atoms with E-state index in [1.165, 1.54) is 0 Å². The van der Waals surface area contributed by atoms with Gasteiger partial charge in [0.1, 0.15) is 0 Å². The molecule has 5 nitrogen and oxygen atoms in total. The third-order valence-electron chi connectivity index (χ3n) is 1.26. The Hall–Kier alpha value is -0.223. The van der Waals surface area contributed by atoms with E-state index in [4.69, 9.17) is 5.73 Å². The Morgan fingerprint density at radius 1 is 1.57 bits per heavy atom. The van der Waals surface area contributed by atoms with E-state index in [0.717, 1.165) is 23.1 Å². The van der Waals surface area contributed by atoms with E-state index in [2.05, 4.69) is 10.2 Å². The van der Waals surface area contributed by atoms with Crippen molar-refractivity contribution in [3.63, 3.8) is 0 Å². The van der Waals surface area contributed by atoms with Crippen LogP contribution >= 0.6 is 23.1 Å². The SMILES string of the molecule is CC(C)(Sc1nnc(N)s1)C(=O)[O-].[Li+]. The first-order valence-electron chi connectivity index (χ1n) is 3.41. The normalized spacial score (nSPS) is 10.7. The number of hydrogen-bond donors (Lipinski definition) is 1. The molecule has 0 spiro atoms. The molecular weight excluding hydrogens is 217 g/mol. The molecular formula is C6H8LiN3O2S2. The van der Waals surface area contributed by atoms with Crippen molar-refractivity contribution >= 4 is 34.2 Å². The fourth-order valence-corrected chi connectivity index (χ4v) is 2.51. The summed E-state index contributed by atoms with van der Waals surface area (Å²) in [6, 6.07) is 0. The van der Waals surface area contributed by atoms with Crippen molar-refractivity contribution in [1.29, 1.82) is 0 Å². The van der Waals surface area contributed by atoms with E-state index in [1.54, 1.807) is 13.8 Å². The molecule has 14 heavy (non-hydrogen) atoms. The second-order valence-electron chi connectivity index (χ2n) is 2.81. The maximum atomic E-state index is 10.6. The summed E-state index contributed by atoms with van der Waals surface area (Å²) in [5.74, 6) is -1.13. The molecule has 0 atom stereocenters. The van der Waals surface area contributed by atoms with Crippen molar-refractivity contribution in [3.05, 3.63) is 0 Å². The molecule has 0 aliphatic carbocycles. The van der Waals surface area contributed by atoms with Crippen LogP contribution in [0.15, 0.2) is 4.34 Å². The molecule has 8 heteroatoms. The summed E-state index contributed by atoms with van der Waals surface area (Å²) >= 11 is 2.24. The monoisotopic (exact) mass is 225 g/mol. The van der Waals surface area contributed by atoms with E-state index in [0.29, 0.717) is 9.47 Å². The van der Waals surface area contributed by atoms with Gasteiger partial charge in [-0.1, -0.05) is 23.1 Å². The summed E-state index contributed by atoms with van der Waals surface area (Å²) in [6.07, 6.45) is 0. The van der Waals surface area contributed by atoms with Crippen LogP contribution in [-0.2, 0) is 4.79 Å². The zero-order valence-electron chi connectivity index (χ0n) is 8.10. The summed E-state index contributed by atoms with van der Waals surface area (Å²) in [5, 5.41) is 18.2. The summed E-state index contributed by atoms with van der Waals surface area (Å²) in [5.41, 5.74) is 5.34. The van der Waals surface area contributed by atoms with Gasteiger partial charge in [-0.05, 0) is 13.8 Å². The zero-order chi connectivity index (χ0) is 10.1. The summed E-state index contributed by atoms with van der Waals surface area (Å²) in [4.78, 5) is 10.6. The van der Waals surface area contributed by atoms with Crippen LogP contribution in [0.1, 0.15) is 13.8 Å². The van der Waals surface area contributed by atoms with Crippen molar-refractivity contribution < 1.29 is 28.8 Å². The van der Waals surface area contributed by atoms with Crippen LogP contribution in [-0.4, -0.2) is 20.9 Å². The van der Waals surface area contributed by atoms with Gasteiger partial charge < -0.3 is 15.6 Å². The van der Waals surface area contributed by atoms with Gasteiger partial charge in [0.25, 0.3) is 0 Å². The van der Waals surface area contributed by atoms with Crippen LogP contribution in [0.3, 0.4) is 0 Å². The van der Waals surface area contributed by atoms with E-state index in [1.807, 2.05) is 0 Å². The minimum Gasteiger partial charge on any atom is -0.549 e. The Labute approximate surface area is 102 Å². The fraction of sp³-hybridized carbons (Fsp3) is 0.500. The Bertz CT molecular complexity index is 329.